The minimum absolute atomic E-state index is 0.249. The minimum atomic E-state index is -0.312. The zero-order valence-electron chi connectivity index (χ0n) is 16.2. The number of carbonyl (C=O) groups excluding carboxylic acids is 1. The van der Waals surface area contributed by atoms with Gasteiger partial charge in [-0.1, -0.05) is 6.07 Å². The van der Waals surface area contributed by atoms with Gasteiger partial charge in [0, 0.05) is 17.8 Å². The van der Waals surface area contributed by atoms with Gasteiger partial charge < -0.3 is 20.1 Å². The Morgan fingerprint density at radius 1 is 0.929 bits per heavy atom. The first-order valence-electron chi connectivity index (χ1n) is 8.69. The first kappa shape index (κ1) is 19.2. The summed E-state index contributed by atoms with van der Waals surface area (Å²) in [5, 5.41) is 6.01. The highest BCUT2D eigenvalue weighted by Crippen LogP contribution is 2.31. The number of nitrogens with zero attached hydrogens (tertiary/aromatic N) is 2. The Kier molecular flexibility index (Phi) is 5.74. The molecule has 0 saturated heterocycles. The Balaban J connectivity index is 1.81. The van der Waals surface area contributed by atoms with Crippen molar-refractivity contribution in [1.29, 1.82) is 0 Å². The molecule has 0 radical (unpaired) electrons. The van der Waals surface area contributed by atoms with E-state index in [-0.39, 0.29) is 11.6 Å². The smallest absolute Gasteiger partial charge is 0.274 e. The number of hydrogen-bond donors (Lipinski definition) is 2. The van der Waals surface area contributed by atoms with Crippen LogP contribution in [0.5, 0.6) is 11.5 Å². The standard InChI is InChI=1S/C21H22N4O3/c1-13-7-14(2)9-15(8-13)24-21(26)18-11-20(23-12-22-18)25-17-10-16(27-3)5-6-19(17)28-4/h5-12H,1-4H3,(H,24,26)(H,22,23,25). The van der Waals surface area contributed by atoms with E-state index in [0.29, 0.717) is 23.0 Å². The Bertz CT molecular complexity index is 984. The third-order valence-corrected chi connectivity index (χ3v) is 4.05. The zero-order valence-corrected chi connectivity index (χ0v) is 16.2. The summed E-state index contributed by atoms with van der Waals surface area (Å²) in [4.78, 5) is 20.9. The first-order valence-corrected chi connectivity index (χ1v) is 8.69. The molecule has 7 nitrogen and oxygen atoms in total. The molecule has 28 heavy (non-hydrogen) atoms. The van der Waals surface area contributed by atoms with Crippen molar-refractivity contribution >= 4 is 23.1 Å². The third kappa shape index (κ3) is 4.56. The molecule has 0 atom stereocenters. The van der Waals surface area contributed by atoms with Crippen molar-refractivity contribution in [3.63, 3.8) is 0 Å². The second kappa shape index (κ2) is 8.39. The summed E-state index contributed by atoms with van der Waals surface area (Å²) in [6.07, 6.45) is 1.34. The van der Waals surface area contributed by atoms with Gasteiger partial charge in [-0.15, -0.1) is 0 Å². The van der Waals surface area contributed by atoms with Crippen LogP contribution in [-0.4, -0.2) is 30.1 Å². The van der Waals surface area contributed by atoms with Crippen LogP contribution in [0.15, 0.2) is 48.8 Å². The molecule has 0 saturated carbocycles. The summed E-state index contributed by atoms with van der Waals surface area (Å²) in [7, 11) is 3.17. The quantitative estimate of drug-likeness (QED) is 0.671. The molecule has 7 heteroatoms. The molecule has 1 aromatic heterocycles. The number of methoxy groups -OCH3 is 2. The summed E-state index contributed by atoms with van der Waals surface area (Å²) in [6, 6.07) is 12.8. The molecule has 1 heterocycles. The number of anilines is 3. The van der Waals surface area contributed by atoms with Gasteiger partial charge in [-0.25, -0.2) is 9.97 Å². The highest BCUT2D eigenvalue weighted by molar-refractivity contribution is 6.03. The van der Waals surface area contributed by atoms with Gasteiger partial charge in [0.25, 0.3) is 5.91 Å². The number of aromatic nitrogens is 2. The molecule has 0 fully saturated rings. The van der Waals surface area contributed by atoms with E-state index in [1.807, 2.05) is 32.0 Å². The van der Waals surface area contributed by atoms with E-state index in [1.54, 1.807) is 38.5 Å². The van der Waals surface area contributed by atoms with E-state index in [0.717, 1.165) is 16.8 Å². The predicted octanol–water partition coefficient (Wildman–Crippen LogP) is 4.11. The first-order chi connectivity index (χ1) is 13.5. The van der Waals surface area contributed by atoms with E-state index < -0.39 is 0 Å². The van der Waals surface area contributed by atoms with Crippen LogP contribution in [-0.2, 0) is 0 Å². The fourth-order valence-electron chi connectivity index (χ4n) is 2.84. The summed E-state index contributed by atoms with van der Waals surface area (Å²) in [5.41, 5.74) is 3.79. The Morgan fingerprint density at radius 3 is 2.36 bits per heavy atom. The second-order valence-corrected chi connectivity index (χ2v) is 6.31. The molecule has 0 spiro atoms. The van der Waals surface area contributed by atoms with Gasteiger partial charge in [0.2, 0.25) is 0 Å². The van der Waals surface area contributed by atoms with Crippen molar-refractivity contribution in [1.82, 2.24) is 9.97 Å². The number of rotatable bonds is 6. The summed E-state index contributed by atoms with van der Waals surface area (Å²) in [6.45, 7) is 3.97. The van der Waals surface area contributed by atoms with Crippen molar-refractivity contribution in [3.05, 3.63) is 65.6 Å². The Hall–Kier alpha value is -3.61. The van der Waals surface area contributed by atoms with Gasteiger partial charge >= 0.3 is 0 Å². The van der Waals surface area contributed by atoms with Gasteiger partial charge in [-0.2, -0.15) is 0 Å². The number of benzene rings is 2. The van der Waals surface area contributed by atoms with E-state index in [2.05, 4.69) is 20.6 Å². The number of amides is 1. The average Bonchev–Trinajstić information content (AvgIpc) is 2.67. The normalized spacial score (nSPS) is 10.3. The minimum Gasteiger partial charge on any atom is -0.497 e. The van der Waals surface area contributed by atoms with Crippen LogP contribution in [0, 0.1) is 13.8 Å². The monoisotopic (exact) mass is 378 g/mol. The summed E-state index contributed by atoms with van der Waals surface area (Å²) in [5.74, 6) is 1.45. The molecule has 0 aliphatic carbocycles. The van der Waals surface area contributed by atoms with Gasteiger partial charge in [-0.05, 0) is 49.2 Å². The molecule has 2 aromatic carbocycles. The number of hydrogen-bond acceptors (Lipinski definition) is 6. The molecule has 2 N–H and O–H groups in total. The van der Waals surface area contributed by atoms with Crippen LogP contribution in [0.3, 0.4) is 0 Å². The lowest BCUT2D eigenvalue weighted by Gasteiger charge is -2.12. The number of carbonyl (C=O) groups is 1. The number of aryl methyl sites for hydroxylation is 2. The Labute approximate surface area is 163 Å². The predicted molar refractivity (Wildman–Crippen MR) is 109 cm³/mol. The molecule has 3 aromatic rings. The molecular weight excluding hydrogens is 356 g/mol. The van der Waals surface area contributed by atoms with E-state index >= 15 is 0 Å². The molecule has 0 unspecified atom stereocenters. The molecule has 144 valence electrons. The van der Waals surface area contributed by atoms with E-state index in [9.17, 15) is 4.79 Å². The van der Waals surface area contributed by atoms with Gasteiger partial charge in [0.05, 0.1) is 19.9 Å². The van der Waals surface area contributed by atoms with Gasteiger partial charge in [-0.3, -0.25) is 4.79 Å². The van der Waals surface area contributed by atoms with E-state index in [4.69, 9.17) is 9.47 Å². The van der Waals surface area contributed by atoms with Gasteiger partial charge in [0.15, 0.2) is 0 Å². The SMILES string of the molecule is COc1ccc(OC)c(Nc2cc(C(=O)Nc3cc(C)cc(C)c3)ncn2)c1. The van der Waals surface area contributed by atoms with Crippen LogP contribution in [0.25, 0.3) is 0 Å². The second-order valence-electron chi connectivity index (χ2n) is 6.31. The average molecular weight is 378 g/mol. The van der Waals surface area contributed by atoms with Crippen molar-refractivity contribution in [2.24, 2.45) is 0 Å². The highest BCUT2D eigenvalue weighted by Gasteiger charge is 2.12. The van der Waals surface area contributed by atoms with Crippen molar-refractivity contribution in [2.45, 2.75) is 13.8 Å². The Morgan fingerprint density at radius 2 is 1.68 bits per heavy atom. The van der Waals surface area contributed by atoms with Crippen LogP contribution >= 0.6 is 0 Å². The lowest BCUT2D eigenvalue weighted by Crippen LogP contribution is -2.14. The fraction of sp³-hybridized carbons (Fsp3) is 0.190. The third-order valence-electron chi connectivity index (χ3n) is 4.05. The van der Waals surface area contributed by atoms with Crippen LogP contribution in [0.4, 0.5) is 17.2 Å². The van der Waals surface area contributed by atoms with E-state index in [1.165, 1.54) is 6.33 Å². The maximum Gasteiger partial charge on any atom is 0.274 e. The molecular formula is C21H22N4O3. The van der Waals surface area contributed by atoms with Crippen molar-refractivity contribution in [2.75, 3.05) is 24.9 Å². The van der Waals surface area contributed by atoms with Crippen molar-refractivity contribution in [3.8, 4) is 11.5 Å². The maximum absolute atomic E-state index is 12.6. The zero-order chi connectivity index (χ0) is 20.1. The molecule has 1 amide bonds. The molecule has 0 aliphatic heterocycles. The molecule has 0 bridgehead atoms. The number of nitrogens with one attached hydrogen (secondary N) is 2. The maximum atomic E-state index is 12.6. The summed E-state index contributed by atoms with van der Waals surface area (Å²) < 4.78 is 10.6. The van der Waals surface area contributed by atoms with Crippen molar-refractivity contribution < 1.29 is 14.3 Å². The van der Waals surface area contributed by atoms with Crippen LogP contribution in [0.1, 0.15) is 21.6 Å². The fourth-order valence-corrected chi connectivity index (χ4v) is 2.84. The largest absolute Gasteiger partial charge is 0.497 e. The topological polar surface area (TPSA) is 85.4 Å². The van der Waals surface area contributed by atoms with Crippen LogP contribution in [0.2, 0.25) is 0 Å². The molecule has 3 rings (SSSR count). The number of ether oxygens (including phenoxy) is 2. The van der Waals surface area contributed by atoms with Crippen LogP contribution < -0.4 is 20.1 Å². The molecule has 0 aliphatic rings. The lowest BCUT2D eigenvalue weighted by molar-refractivity contribution is 0.102. The highest BCUT2D eigenvalue weighted by atomic mass is 16.5. The van der Waals surface area contributed by atoms with Gasteiger partial charge in [0.1, 0.15) is 29.3 Å². The summed E-state index contributed by atoms with van der Waals surface area (Å²) >= 11 is 0. The lowest BCUT2D eigenvalue weighted by atomic mass is 10.1.